The molecule has 1 aromatic rings. The minimum Gasteiger partial charge on any atom is -0.356 e. The molecular weight excluding hydrogens is 246 g/mol. The zero-order valence-electron chi connectivity index (χ0n) is 12.9. The van der Waals surface area contributed by atoms with Gasteiger partial charge >= 0.3 is 0 Å². The van der Waals surface area contributed by atoms with Crippen molar-refractivity contribution < 1.29 is 0 Å². The van der Waals surface area contributed by atoms with Gasteiger partial charge in [-0.25, -0.2) is 4.98 Å². The van der Waals surface area contributed by atoms with E-state index in [0.29, 0.717) is 6.04 Å². The van der Waals surface area contributed by atoms with Crippen molar-refractivity contribution in [1.82, 2.24) is 9.55 Å². The Kier molecular flexibility index (Phi) is 4.64. The number of imidazole rings is 1. The molecule has 2 saturated carbocycles. The standard InChI is InChI=1S/C17H29N3/c1-14-13-20(16-9-3-2-4-10-16)17(19-14)18-12-11-15-7-5-6-8-15/h13,15-16H,2-12H2,1H3,(H,18,19). The molecule has 1 aromatic heterocycles. The van der Waals surface area contributed by atoms with E-state index < -0.39 is 0 Å². The first-order valence-corrected chi connectivity index (χ1v) is 8.62. The summed E-state index contributed by atoms with van der Waals surface area (Å²) in [5, 5.41) is 3.61. The van der Waals surface area contributed by atoms with Crippen molar-refractivity contribution in [2.75, 3.05) is 11.9 Å². The van der Waals surface area contributed by atoms with Gasteiger partial charge in [-0.15, -0.1) is 0 Å². The molecule has 0 aromatic carbocycles. The zero-order valence-corrected chi connectivity index (χ0v) is 12.9. The van der Waals surface area contributed by atoms with Crippen molar-refractivity contribution in [3.63, 3.8) is 0 Å². The van der Waals surface area contributed by atoms with Crippen LogP contribution in [0, 0.1) is 12.8 Å². The molecule has 1 N–H and O–H groups in total. The number of anilines is 1. The number of nitrogens with zero attached hydrogens (tertiary/aromatic N) is 2. The summed E-state index contributed by atoms with van der Waals surface area (Å²) in [7, 11) is 0. The highest BCUT2D eigenvalue weighted by Crippen LogP contribution is 2.31. The molecule has 2 aliphatic rings. The predicted octanol–water partition coefficient (Wildman–Crippen LogP) is 4.69. The van der Waals surface area contributed by atoms with Gasteiger partial charge in [0.1, 0.15) is 0 Å². The molecule has 0 spiro atoms. The van der Waals surface area contributed by atoms with Crippen LogP contribution < -0.4 is 5.32 Å². The molecule has 0 radical (unpaired) electrons. The van der Waals surface area contributed by atoms with Crippen molar-refractivity contribution in [1.29, 1.82) is 0 Å². The summed E-state index contributed by atoms with van der Waals surface area (Å²) in [5.74, 6) is 2.08. The van der Waals surface area contributed by atoms with E-state index in [1.165, 1.54) is 64.2 Å². The maximum Gasteiger partial charge on any atom is 0.203 e. The molecule has 0 aliphatic heterocycles. The van der Waals surface area contributed by atoms with Crippen LogP contribution in [0.1, 0.15) is 75.9 Å². The van der Waals surface area contributed by atoms with Crippen LogP contribution in [0.4, 0.5) is 5.95 Å². The van der Waals surface area contributed by atoms with Crippen LogP contribution in [0.2, 0.25) is 0 Å². The van der Waals surface area contributed by atoms with E-state index in [-0.39, 0.29) is 0 Å². The molecule has 1 heterocycles. The Bertz CT molecular complexity index is 412. The second-order valence-corrected chi connectivity index (χ2v) is 6.77. The van der Waals surface area contributed by atoms with Crippen LogP contribution in [-0.2, 0) is 0 Å². The molecule has 0 atom stereocenters. The Labute approximate surface area is 123 Å². The minimum absolute atomic E-state index is 0.680. The largest absolute Gasteiger partial charge is 0.356 e. The van der Waals surface area contributed by atoms with Crippen LogP contribution in [0.5, 0.6) is 0 Å². The highest BCUT2D eigenvalue weighted by molar-refractivity contribution is 5.29. The third-order valence-corrected chi connectivity index (χ3v) is 5.13. The van der Waals surface area contributed by atoms with Crippen LogP contribution >= 0.6 is 0 Å². The Morgan fingerprint density at radius 3 is 2.55 bits per heavy atom. The molecular formula is C17H29N3. The summed E-state index contributed by atoms with van der Waals surface area (Å²) in [5.41, 5.74) is 1.15. The first-order valence-electron chi connectivity index (χ1n) is 8.62. The van der Waals surface area contributed by atoms with E-state index in [2.05, 4.69) is 23.0 Å². The molecule has 0 unspecified atom stereocenters. The van der Waals surface area contributed by atoms with Gasteiger partial charge < -0.3 is 9.88 Å². The normalized spacial score (nSPS) is 21.4. The van der Waals surface area contributed by atoms with E-state index in [9.17, 15) is 0 Å². The lowest BCUT2D eigenvalue weighted by Crippen LogP contribution is -2.16. The van der Waals surface area contributed by atoms with Crippen molar-refractivity contribution in [3.05, 3.63) is 11.9 Å². The van der Waals surface area contributed by atoms with E-state index >= 15 is 0 Å². The Morgan fingerprint density at radius 1 is 1.10 bits per heavy atom. The number of aromatic nitrogens is 2. The lowest BCUT2D eigenvalue weighted by atomic mass is 9.95. The number of hydrogen-bond donors (Lipinski definition) is 1. The van der Waals surface area contributed by atoms with E-state index in [0.717, 1.165) is 24.1 Å². The smallest absolute Gasteiger partial charge is 0.203 e. The third kappa shape index (κ3) is 3.36. The van der Waals surface area contributed by atoms with Gasteiger partial charge in [0, 0.05) is 18.8 Å². The average Bonchev–Trinajstić information content (AvgIpc) is 3.10. The van der Waals surface area contributed by atoms with E-state index in [1.54, 1.807) is 0 Å². The highest BCUT2D eigenvalue weighted by Gasteiger charge is 2.19. The summed E-state index contributed by atoms with van der Waals surface area (Å²) in [6.45, 7) is 3.20. The van der Waals surface area contributed by atoms with Gasteiger partial charge in [-0.05, 0) is 32.1 Å². The molecule has 3 rings (SSSR count). The quantitative estimate of drug-likeness (QED) is 0.845. The fourth-order valence-corrected chi connectivity index (χ4v) is 3.97. The predicted molar refractivity (Wildman–Crippen MR) is 84.2 cm³/mol. The molecule has 0 saturated heterocycles. The molecule has 0 amide bonds. The molecule has 20 heavy (non-hydrogen) atoms. The van der Waals surface area contributed by atoms with Gasteiger partial charge in [-0.3, -0.25) is 0 Å². The van der Waals surface area contributed by atoms with E-state index in [4.69, 9.17) is 4.98 Å². The first kappa shape index (κ1) is 14.0. The maximum atomic E-state index is 4.70. The Morgan fingerprint density at radius 2 is 1.80 bits per heavy atom. The fourth-order valence-electron chi connectivity index (χ4n) is 3.97. The van der Waals surface area contributed by atoms with Gasteiger partial charge in [0.25, 0.3) is 0 Å². The molecule has 0 bridgehead atoms. The molecule has 112 valence electrons. The Balaban J connectivity index is 1.57. The lowest BCUT2D eigenvalue weighted by molar-refractivity contribution is 0.355. The lowest BCUT2D eigenvalue weighted by Gasteiger charge is -2.25. The fraction of sp³-hybridized carbons (Fsp3) is 0.824. The molecule has 3 heteroatoms. The van der Waals surface area contributed by atoms with Gasteiger partial charge in [0.15, 0.2) is 0 Å². The zero-order chi connectivity index (χ0) is 13.8. The van der Waals surface area contributed by atoms with Crippen molar-refractivity contribution in [2.24, 2.45) is 5.92 Å². The molecule has 2 aliphatic carbocycles. The van der Waals surface area contributed by atoms with Crippen LogP contribution in [-0.4, -0.2) is 16.1 Å². The summed E-state index contributed by atoms with van der Waals surface area (Å²) in [4.78, 5) is 4.70. The van der Waals surface area contributed by atoms with Gasteiger partial charge in [0.05, 0.1) is 5.69 Å². The molecule has 2 fully saturated rings. The van der Waals surface area contributed by atoms with Crippen LogP contribution in [0.3, 0.4) is 0 Å². The number of aryl methyl sites for hydroxylation is 1. The summed E-state index contributed by atoms with van der Waals surface area (Å²) in [6.07, 6.45) is 16.2. The summed E-state index contributed by atoms with van der Waals surface area (Å²) >= 11 is 0. The average molecular weight is 275 g/mol. The highest BCUT2D eigenvalue weighted by atomic mass is 15.2. The first-order chi connectivity index (χ1) is 9.83. The van der Waals surface area contributed by atoms with Gasteiger partial charge in [-0.2, -0.15) is 0 Å². The summed E-state index contributed by atoms with van der Waals surface area (Å²) < 4.78 is 2.42. The van der Waals surface area contributed by atoms with Gasteiger partial charge in [0.2, 0.25) is 5.95 Å². The number of nitrogens with one attached hydrogen (secondary N) is 1. The SMILES string of the molecule is Cc1cn(C2CCCCC2)c(NCCC2CCCC2)n1. The third-order valence-electron chi connectivity index (χ3n) is 5.13. The number of rotatable bonds is 5. The Hall–Kier alpha value is -0.990. The second-order valence-electron chi connectivity index (χ2n) is 6.77. The topological polar surface area (TPSA) is 29.9 Å². The van der Waals surface area contributed by atoms with Crippen LogP contribution in [0.15, 0.2) is 6.20 Å². The monoisotopic (exact) mass is 275 g/mol. The van der Waals surface area contributed by atoms with Gasteiger partial charge in [-0.1, -0.05) is 44.9 Å². The van der Waals surface area contributed by atoms with Crippen molar-refractivity contribution >= 4 is 5.95 Å². The molecule has 3 nitrogen and oxygen atoms in total. The summed E-state index contributed by atoms with van der Waals surface area (Å²) in [6, 6.07) is 0.680. The second kappa shape index (κ2) is 6.64. The van der Waals surface area contributed by atoms with Crippen molar-refractivity contribution in [3.8, 4) is 0 Å². The minimum atomic E-state index is 0.680. The maximum absolute atomic E-state index is 4.70. The van der Waals surface area contributed by atoms with Crippen LogP contribution in [0.25, 0.3) is 0 Å². The number of hydrogen-bond acceptors (Lipinski definition) is 2. The van der Waals surface area contributed by atoms with E-state index in [1.807, 2.05) is 0 Å². The van der Waals surface area contributed by atoms with Crippen molar-refractivity contribution in [2.45, 2.75) is 77.2 Å².